The summed E-state index contributed by atoms with van der Waals surface area (Å²) in [6, 6.07) is 15.8. The van der Waals surface area contributed by atoms with Crippen LogP contribution in [-0.4, -0.2) is 48.7 Å². The van der Waals surface area contributed by atoms with Crippen molar-refractivity contribution >= 4 is 27.7 Å². The Morgan fingerprint density at radius 2 is 1.84 bits per heavy atom. The molecule has 37 heavy (non-hydrogen) atoms. The maximum Gasteiger partial charge on any atom is 0.261 e. The molecule has 2 aromatic carbocycles. The summed E-state index contributed by atoms with van der Waals surface area (Å²) in [5.74, 6) is 1.02. The van der Waals surface area contributed by atoms with E-state index in [1.54, 1.807) is 4.57 Å². The number of aryl methyl sites for hydroxylation is 2. The van der Waals surface area contributed by atoms with Crippen molar-refractivity contribution in [3.8, 4) is 11.5 Å². The van der Waals surface area contributed by atoms with Crippen LogP contribution in [0.4, 0.5) is 0 Å². The highest BCUT2D eigenvalue weighted by Crippen LogP contribution is 2.40. The number of aromatic nitrogens is 3. The molecular formula is C30H32N4O3. The molecule has 1 saturated heterocycles. The van der Waals surface area contributed by atoms with Crippen molar-refractivity contribution in [3.63, 3.8) is 0 Å². The smallest absolute Gasteiger partial charge is 0.261 e. The first kappa shape index (κ1) is 22.7. The van der Waals surface area contributed by atoms with Crippen molar-refractivity contribution in [2.45, 2.75) is 63.6 Å². The number of hydrogen-bond donors (Lipinski definition) is 1. The Morgan fingerprint density at radius 3 is 2.73 bits per heavy atom. The monoisotopic (exact) mass is 496 g/mol. The van der Waals surface area contributed by atoms with Gasteiger partial charge in [0.2, 0.25) is 5.91 Å². The van der Waals surface area contributed by atoms with Gasteiger partial charge in [0, 0.05) is 49.4 Å². The Hall–Kier alpha value is -3.45. The molecule has 2 atom stereocenters. The van der Waals surface area contributed by atoms with Crippen molar-refractivity contribution in [1.29, 1.82) is 0 Å². The van der Waals surface area contributed by atoms with Gasteiger partial charge in [-0.2, -0.15) is 0 Å². The number of rotatable bonds is 3. The molecule has 7 rings (SSSR count). The molecule has 1 N–H and O–H groups in total. The zero-order chi connectivity index (χ0) is 25.1. The zero-order valence-electron chi connectivity index (χ0n) is 21.0. The number of carbonyl (C=O) groups excluding carboxylic acids is 1. The van der Waals surface area contributed by atoms with E-state index in [1.165, 1.54) is 10.9 Å². The normalized spacial score (nSPS) is 23.1. The molecule has 1 aliphatic carbocycles. The number of fused-ring (bicyclic) bond motifs is 7. The summed E-state index contributed by atoms with van der Waals surface area (Å²) in [6.07, 6.45) is 5.91. The van der Waals surface area contributed by atoms with E-state index in [0.29, 0.717) is 55.7 Å². The van der Waals surface area contributed by atoms with E-state index >= 15 is 0 Å². The maximum absolute atomic E-state index is 13.4. The van der Waals surface area contributed by atoms with Crippen molar-refractivity contribution in [3.05, 3.63) is 64.4 Å². The van der Waals surface area contributed by atoms with Crippen LogP contribution < -0.4 is 5.56 Å². The van der Waals surface area contributed by atoms with E-state index in [1.807, 2.05) is 41.3 Å². The van der Waals surface area contributed by atoms with Gasteiger partial charge in [-0.05, 0) is 49.4 Å². The van der Waals surface area contributed by atoms with Crippen LogP contribution in [0.25, 0.3) is 33.3 Å². The van der Waals surface area contributed by atoms with Crippen molar-refractivity contribution in [2.75, 3.05) is 13.1 Å². The van der Waals surface area contributed by atoms with Crippen LogP contribution in [0.15, 0.2) is 53.3 Å². The van der Waals surface area contributed by atoms with Crippen molar-refractivity contribution in [1.82, 2.24) is 19.0 Å². The second kappa shape index (κ2) is 8.55. The highest BCUT2D eigenvalue weighted by Gasteiger charge is 2.43. The Bertz CT molecular complexity index is 1600. The average molecular weight is 497 g/mol. The number of piperidine rings is 1. The van der Waals surface area contributed by atoms with Crippen LogP contribution in [0.1, 0.15) is 44.1 Å². The van der Waals surface area contributed by atoms with Crippen LogP contribution in [0.3, 0.4) is 0 Å². The van der Waals surface area contributed by atoms with Gasteiger partial charge in [-0.3, -0.25) is 14.2 Å². The standard InChI is InChI=1S/C30H32N4O3/c35-26(32-18-15-30(37)14-6-5-7-20(30)19-32)13-17-33-25-11-4-2-8-21(25)22-12-16-34-28(27(22)33)31-24-10-3-1-9-23(24)29(34)36/h1-4,8-11,20,37H,5-7,12-19H2. The third kappa shape index (κ3) is 3.55. The molecule has 4 heterocycles. The number of benzene rings is 2. The fourth-order valence-corrected chi connectivity index (χ4v) is 7.06. The number of aliphatic hydroxyl groups is 1. The molecule has 0 bridgehead atoms. The topological polar surface area (TPSA) is 80.4 Å². The molecule has 7 nitrogen and oxygen atoms in total. The summed E-state index contributed by atoms with van der Waals surface area (Å²) in [5, 5.41) is 12.8. The van der Waals surface area contributed by atoms with E-state index < -0.39 is 5.60 Å². The zero-order valence-corrected chi connectivity index (χ0v) is 21.0. The van der Waals surface area contributed by atoms with Crippen LogP contribution in [0.2, 0.25) is 0 Å². The van der Waals surface area contributed by atoms with E-state index in [4.69, 9.17) is 4.98 Å². The fraction of sp³-hybridized carbons (Fsp3) is 0.433. The fourth-order valence-electron chi connectivity index (χ4n) is 7.06. The number of nitrogens with zero attached hydrogens (tertiary/aromatic N) is 4. The third-order valence-corrected chi connectivity index (χ3v) is 9.06. The molecular weight excluding hydrogens is 464 g/mol. The molecule has 2 unspecified atom stereocenters. The lowest BCUT2D eigenvalue weighted by Gasteiger charge is -2.47. The number of para-hydroxylation sites is 2. The Balaban J connectivity index is 1.24. The minimum absolute atomic E-state index is 0.00702. The Morgan fingerprint density at radius 1 is 1.03 bits per heavy atom. The molecule has 2 aliphatic heterocycles. The molecule has 7 heteroatoms. The molecule has 1 amide bonds. The van der Waals surface area contributed by atoms with Crippen molar-refractivity contribution < 1.29 is 9.90 Å². The lowest BCUT2D eigenvalue weighted by atomic mass is 9.71. The van der Waals surface area contributed by atoms with Gasteiger partial charge in [-0.1, -0.05) is 43.2 Å². The molecule has 3 aliphatic rings. The summed E-state index contributed by atoms with van der Waals surface area (Å²) in [6.45, 7) is 2.42. The highest BCUT2D eigenvalue weighted by molar-refractivity contribution is 5.92. The lowest BCUT2D eigenvalue weighted by Crippen LogP contribution is -2.54. The predicted octanol–water partition coefficient (Wildman–Crippen LogP) is 4.12. The lowest BCUT2D eigenvalue weighted by molar-refractivity contribution is -0.143. The number of amides is 1. The minimum atomic E-state index is -0.587. The molecule has 2 fully saturated rings. The summed E-state index contributed by atoms with van der Waals surface area (Å²) in [5.41, 5.74) is 3.35. The third-order valence-electron chi connectivity index (χ3n) is 9.06. The van der Waals surface area contributed by atoms with Gasteiger partial charge in [-0.25, -0.2) is 4.98 Å². The SMILES string of the molecule is O=C(CCn1c2c(c3ccccc31)CCn1c-2nc2ccccc2c1=O)N1CCC2(O)CCCCC2C1. The van der Waals surface area contributed by atoms with Gasteiger partial charge in [0.15, 0.2) is 5.82 Å². The molecule has 0 radical (unpaired) electrons. The molecule has 2 aromatic heterocycles. The van der Waals surface area contributed by atoms with E-state index in [9.17, 15) is 14.7 Å². The molecule has 190 valence electrons. The summed E-state index contributed by atoms with van der Waals surface area (Å²) in [4.78, 5) is 33.7. The Kier molecular flexibility index (Phi) is 5.25. The van der Waals surface area contributed by atoms with Gasteiger partial charge < -0.3 is 14.6 Å². The van der Waals surface area contributed by atoms with Gasteiger partial charge in [0.1, 0.15) is 0 Å². The molecule has 1 saturated carbocycles. The Labute approximate surface area is 215 Å². The predicted molar refractivity (Wildman–Crippen MR) is 143 cm³/mol. The average Bonchev–Trinajstić information content (AvgIpc) is 3.25. The van der Waals surface area contributed by atoms with Crippen LogP contribution in [0, 0.1) is 5.92 Å². The number of hydrogen-bond acceptors (Lipinski definition) is 4. The van der Waals surface area contributed by atoms with Crippen molar-refractivity contribution in [2.24, 2.45) is 5.92 Å². The van der Waals surface area contributed by atoms with Gasteiger partial charge in [0.05, 0.1) is 22.2 Å². The highest BCUT2D eigenvalue weighted by atomic mass is 16.3. The number of likely N-dealkylation sites (tertiary alicyclic amines) is 1. The first-order valence-corrected chi connectivity index (χ1v) is 13.6. The van der Waals surface area contributed by atoms with E-state index in [0.717, 1.165) is 43.3 Å². The van der Waals surface area contributed by atoms with Crippen LogP contribution in [0.5, 0.6) is 0 Å². The first-order valence-electron chi connectivity index (χ1n) is 13.6. The minimum Gasteiger partial charge on any atom is -0.389 e. The maximum atomic E-state index is 13.4. The summed E-state index contributed by atoms with van der Waals surface area (Å²) in [7, 11) is 0. The van der Waals surface area contributed by atoms with Gasteiger partial charge in [0.25, 0.3) is 5.56 Å². The molecule has 4 aromatic rings. The number of carbonyl (C=O) groups is 1. The second-order valence-electron chi connectivity index (χ2n) is 11.0. The quantitative estimate of drug-likeness (QED) is 0.463. The van der Waals surface area contributed by atoms with E-state index in [-0.39, 0.29) is 17.4 Å². The van der Waals surface area contributed by atoms with Gasteiger partial charge >= 0.3 is 0 Å². The summed E-state index contributed by atoms with van der Waals surface area (Å²) >= 11 is 0. The van der Waals surface area contributed by atoms with Crippen LogP contribution >= 0.6 is 0 Å². The molecule has 0 spiro atoms. The summed E-state index contributed by atoms with van der Waals surface area (Å²) < 4.78 is 4.01. The first-order chi connectivity index (χ1) is 18.0. The second-order valence-corrected chi connectivity index (χ2v) is 11.0. The van der Waals surface area contributed by atoms with Gasteiger partial charge in [-0.15, -0.1) is 0 Å². The van der Waals surface area contributed by atoms with E-state index in [2.05, 4.69) is 16.7 Å². The van der Waals surface area contributed by atoms with Crippen LogP contribution in [-0.2, 0) is 24.3 Å². The largest absolute Gasteiger partial charge is 0.389 e.